The van der Waals surface area contributed by atoms with Gasteiger partial charge in [-0.2, -0.15) is 0 Å². The Kier molecular flexibility index (Phi) is 2.33. The highest BCUT2D eigenvalue weighted by molar-refractivity contribution is 5.07. The zero-order valence-electron chi connectivity index (χ0n) is 8.73. The number of nitrogens with two attached hydrogens (primary N) is 1. The van der Waals surface area contributed by atoms with Crippen LogP contribution in [0.1, 0.15) is 45.4 Å². The summed E-state index contributed by atoms with van der Waals surface area (Å²) in [6, 6.07) is 0. The van der Waals surface area contributed by atoms with Crippen molar-refractivity contribution in [2.24, 2.45) is 17.6 Å². The van der Waals surface area contributed by atoms with Crippen molar-refractivity contribution < 1.29 is 8.78 Å². The molecule has 0 saturated heterocycles. The van der Waals surface area contributed by atoms with Crippen LogP contribution in [-0.4, -0.2) is 11.5 Å². The number of hydrogen-bond acceptors (Lipinski definition) is 1. The molecule has 0 bridgehead atoms. The van der Waals surface area contributed by atoms with Crippen molar-refractivity contribution in [3.8, 4) is 0 Å². The lowest BCUT2D eigenvalue weighted by molar-refractivity contribution is -0.143. The molecule has 82 valence electrons. The van der Waals surface area contributed by atoms with E-state index in [1.807, 2.05) is 0 Å². The van der Waals surface area contributed by atoms with E-state index in [0.717, 1.165) is 31.6 Å². The summed E-state index contributed by atoms with van der Waals surface area (Å²) < 4.78 is 25.6. The zero-order valence-corrected chi connectivity index (χ0v) is 8.73. The van der Waals surface area contributed by atoms with Crippen LogP contribution in [-0.2, 0) is 0 Å². The van der Waals surface area contributed by atoms with Gasteiger partial charge in [-0.25, -0.2) is 8.78 Å². The molecular weight excluding hydrogens is 184 g/mol. The molecule has 0 spiro atoms. The molecule has 0 heterocycles. The van der Waals surface area contributed by atoms with Crippen LogP contribution in [0.3, 0.4) is 0 Å². The first-order valence-electron chi connectivity index (χ1n) is 5.58. The van der Waals surface area contributed by atoms with E-state index in [2.05, 4.69) is 6.92 Å². The summed E-state index contributed by atoms with van der Waals surface area (Å²) in [6.07, 6.45) is 4.25. The lowest BCUT2D eigenvalue weighted by atomic mass is 9.61. The van der Waals surface area contributed by atoms with Crippen molar-refractivity contribution in [3.05, 3.63) is 0 Å². The molecule has 0 aromatic carbocycles. The van der Waals surface area contributed by atoms with Crippen LogP contribution in [0.5, 0.6) is 0 Å². The van der Waals surface area contributed by atoms with Gasteiger partial charge >= 0.3 is 0 Å². The second kappa shape index (κ2) is 3.16. The highest BCUT2D eigenvalue weighted by Crippen LogP contribution is 2.51. The number of alkyl halides is 2. The van der Waals surface area contributed by atoms with Crippen LogP contribution in [0.15, 0.2) is 0 Å². The molecule has 0 aliphatic heterocycles. The fourth-order valence-corrected chi connectivity index (χ4v) is 3.03. The largest absolute Gasteiger partial charge is 0.324 e. The van der Waals surface area contributed by atoms with Crippen LogP contribution in [0.4, 0.5) is 8.78 Å². The van der Waals surface area contributed by atoms with Crippen molar-refractivity contribution in [1.82, 2.24) is 0 Å². The van der Waals surface area contributed by atoms with E-state index in [1.165, 1.54) is 0 Å². The standard InChI is InChI=1S/C11H19F2N/c1-8-2-4-9(5-3-8)10(14)6-11(12,13)7-10/h8-9H,2-7,14H2,1H3. The van der Waals surface area contributed by atoms with E-state index in [-0.39, 0.29) is 12.8 Å². The van der Waals surface area contributed by atoms with Crippen molar-refractivity contribution >= 4 is 0 Å². The summed E-state index contributed by atoms with van der Waals surface area (Å²) in [5.74, 6) is -1.37. The second-order valence-electron chi connectivity index (χ2n) is 5.40. The summed E-state index contributed by atoms with van der Waals surface area (Å²) in [7, 11) is 0. The van der Waals surface area contributed by atoms with Crippen molar-refractivity contribution in [1.29, 1.82) is 0 Å². The Morgan fingerprint density at radius 1 is 1.07 bits per heavy atom. The van der Waals surface area contributed by atoms with E-state index < -0.39 is 11.5 Å². The number of rotatable bonds is 1. The minimum absolute atomic E-state index is 0.0843. The Hall–Kier alpha value is -0.180. The average Bonchev–Trinajstić information content (AvgIpc) is 2.01. The summed E-state index contributed by atoms with van der Waals surface area (Å²) in [4.78, 5) is 0. The molecule has 1 nitrogen and oxygen atoms in total. The Labute approximate surface area is 84.0 Å². The molecule has 3 heteroatoms. The van der Waals surface area contributed by atoms with Crippen molar-refractivity contribution in [3.63, 3.8) is 0 Å². The lowest BCUT2D eigenvalue weighted by Crippen LogP contribution is -2.62. The Balaban J connectivity index is 1.91. The van der Waals surface area contributed by atoms with E-state index in [4.69, 9.17) is 5.73 Å². The molecule has 2 saturated carbocycles. The fraction of sp³-hybridized carbons (Fsp3) is 1.00. The highest BCUT2D eigenvalue weighted by Gasteiger charge is 2.57. The van der Waals surface area contributed by atoms with Crippen LogP contribution < -0.4 is 5.73 Å². The highest BCUT2D eigenvalue weighted by atomic mass is 19.3. The van der Waals surface area contributed by atoms with Gasteiger partial charge in [0.15, 0.2) is 0 Å². The summed E-state index contributed by atoms with van der Waals surface area (Å²) in [6.45, 7) is 2.23. The Morgan fingerprint density at radius 3 is 2.00 bits per heavy atom. The van der Waals surface area contributed by atoms with Gasteiger partial charge in [0.1, 0.15) is 0 Å². The fourth-order valence-electron chi connectivity index (χ4n) is 3.03. The van der Waals surface area contributed by atoms with Gasteiger partial charge in [-0.1, -0.05) is 19.8 Å². The Bertz CT molecular complexity index is 211. The maximum Gasteiger partial charge on any atom is 0.251 e. The summed E-state index contributed by atoms with van der Waals surface area (Å²) in [5.41, 5.74) is 5.48. The van der Waals surface area contributed by atoms with E-state index in [9.17, 15) is 8.78 Å². The van der Waals surface area contributed by atoms with Crippen LogP contribution in [0.2, 0.25) is 0 Å². The third kappa shape index (κ3) is 1.79. The third-order valence-electron chi connectivity index (χ3n) is 4.00. The molecule has 2 rings (SSSR count). The zero-order chi connectivity index (χ0) is 10.4. The lowest BCUT2D eigenvalue weighted by Gasteiger charge is -2.51. The maximum atomic E-state index is 12.8. The first kappa shape index (κ1) is 10.3. The van der Waals surface area contributed by atoms with Gasteiger partial charge in [-0.3, -0.25) is 0 Å². The van der Waals surface area contributed by atoms with Crippen LogP contribution in [0.25, 0.3) is 0 Å². The van der Waals surface area contributed by atoms with E-state index >= 15 is 0 Å². The molecule has 0 amide bonds. The van der Waals surface area contributed by atoms with Gasteiger partial charge in [-0.05, 0) is 24.7 Å². The van der Waals surface area contributed by atoms with Gasteiger partial charge in [0.2, 0.25) is 0 Å². The SMILES string of the molecule is CC1CCC(C2(N)CC(F)(F)C2)CC1. The molecule has 0 aromatic heterocycles. The predicted molar refractivity (Wildman–Crippen MR) is 52.2 cm³/mol. The molecular formula is C11H19F2N. The first-order valence-corrected chi connectivity index (χ1v) is 5.58. The van der Waals surface area contributed by atoms with Crippen LogP contribution >= 0.6 is 0 Å². The maximum absolute atomic E-state index is 12.8. The number of halogens is 2. The van der Waals surface area contributed by atoms with Gasteiger partial charge in [-0.15, -0.1) is 0 Å². The normalized spacial score (nSPS) is 40.3. The minimum atomic E-state index is -2.47. The van der Waals surface area contributed by atoms with Gasteiger partial charge in [0.25, 0.3) is 5.92 Å². The topological polar surface area (TPSA) is 26.0 Å². The smallest absolute Gasteiger partial charge is 0.251 e. The van der Waals surface area contributed by atoms with Gasteiger partial charge in [0.05, 0.1) is 0 Å². The monoisotopic (exact) mass is 203 g/mol. The molecule has 2 aliphatic carbocycles. The van der Waals surface area contributed by atoms with Gasteiger partial charge < -0.3 is 5.73 Å². The quantitative estimate of drug-likeness (QED) is 0.696. The molecule has 14 heavy (non-hydrogen) atoms. The molecule has 0 aromatic rings. The number of hydrogen-bond donors (Lipinski definition) is 1. The van der Waals surface area contributed by atoms with Crippen LogP contribution in [0, 0.1) is 11.8 Å². The molecule has 2 aliphatic rings. The molecule has 0 radical (unpaired) electrons. The van der Waals surface area contributed by atoms with E-state index in [1.54, 1.807) is 0 Å². The third-order valence-corrected chi connectivity index (χ3v) is 4.00. The summed E-state index contributed by atoms with van der Waals surface area (Å²) in [5, 5.41) is 0. The average molecular weight is 203 g/mol. The van der Waals surface area contributed by atoms with Crippen molar-refractivity contribution in [2.75, 3.05) is 0 Å². The molecule has 2 N–H and O–H groups in total. The second-order valence-corrected chi connectivity index (χ2v) is 5.40. The summed E-state index contributed by atoms with van der Waals surface area (Å²) >= 11 is 0. The first-order chi connectivity index (χ1) is 6.41. The Morgan fingerprint density at radius 2 is 1.57 bits per heavy atom. The van der Waals surface area contributed by atoms with E-state index in [0.29, 0.717) is 5.92 Å². The molecule has 0 unspecified atom stereocenters. The van der Waals surface area contributed by atoms with Crippen molar-refractivity contribution in [2.45, 2.75) is 56.9 Å². The molecule has 2 fully saturated rings. The molecule has 0 atom stereocenters. The predicted octanol–water partition coefficient (Wildman–Crippen LogP) is 2.94. The van der Waals surface area contributed by atoms with Gasteiger partial charge in [0, 0.05) is 18.4 Å². The minimum Gasteiger partial charge on any atom is -0.324 e.